The van der Waals surface area contributed by atoms with E-state index in [4.69, 9.17) is 14.5 Å². The maximum absolute atomic E-state index is 11.0. The van der Waals surface area contributed by atoms with Crippen LogP contribution >= 0.6 is 0 Å². The first-order valence-electron chi connectivity index (χ1n) is 5.86. The average molecular weight is 322 g/mol. The lowest BCUT2D eigenvalue weighted by Gasteiger charge is -2.01. The highest BCUT2D eigenvalue weighted by molar-refractivity contribution is 7.85. The van der Waals surface area contributed by atoms with E-state index >= 15 is 0 Å². The number of carboxylic acids is 1. The number of hydrogen-bond donors (Lipinski definition) is 2. The van der Waals surface area contributed by atoms with Crippen molar-refractivity contribution in [2.75, 3.05) is 0 Å². The van der Waals surface area contributed by atoms with Gasteiger partial charge in [0.2, 0.25) is 0 Å². The zero-order valence-electron chi connectivity index (χ0n) is 10.9. The number of nitrogens with zero attached hydrogens (tertiary/aromatic N) is 2. The number of benzene rings is 2. The van der Waals surface area contributed by atoms with Gasteiger partial charge in [-0.1, -0.05) is 12.1 Å². The second-order valence-corrected chi connectivity index (χ2v) is 5.46. The number of hydrogen-bond acceptors (Lipinski definition) is 6. The molecular weight excluding hydrogens is 312 g/mol. The van der Waals surface area contributed by atoms with E-state index in [1.165, 1.54) is 24.3 Å². The Morgan fingerprint density at radius 2 is 1.68 bits per heavy atom. The minimum absolute atomic E-state index is 0.0216. The second kappa shape index (κ2) is 6.33. The van der Waals surface area contributed by atoms with Crippen LogP contribution in [0.4, 0.5) is 5.69 Å². The quantitative estimate of drug-likeness (QED) is 0.495. The third-order valence-electron chi connectivity index (χ3n) is 2.55. The number of carbonyl (C=O) groups is 1. The van der Waals surface area contributed by atoms with Crippen molar-refractivity contribution in [1.29, 1.82) is 0 Å². The minimum atomic E-state index is -4.27. The van der Waals surface area contributed by atoms with E-state index in [-0.39, 0.29) is 21.9 Å². The lowest BCUT2D eigenvalue weighted by Crippen LogP contribution is -1.99. The standard InChI is InChI=1S/C13H10N2O6S/c16-13(17)11-3-1-2-4-12(11)21-15-14-9-5-7-10(8-6-9)22(18,19)20/h1-8H,(H,16,17)(H,18,19,20). The van der Waals surface area contributed by atoms with Crippen molar-refractivity contribution >= 4 is 21.8 Å². The molecule has 0 heterocycles. The molecule has 22 heavy (non-hydrogen) atoms. The third kappa shape index (κ3) is 3.87. The molecule has 0 bridgehead atoms. The van der Waals surface area contributed by atoms with Gasteiger partial charge in [-0.2, -0.15) is 8.42 Å². The highest BCUT2D eigenvalue weighted by Gasteiger charge is 2.10. The summed E-state index contributed by atoms with van der Waals surface area (Å²) in [5, 5.41) is 16.0. The third-order valence-corrected chi connectivity index (χ3v) is 3.42. The molecule has 0 aliphatic carbocycles. The van der Waals surface area contributed by atoms with Crippen molar-refractivity contribution in [3.05, 3.63) is 54.1 Å². The van der Waals surface area contributed by atoms with Gasteiger partial charge in [-0.25, -0.2) is 4.79 Å². The molecule has 0 saturated carbocycles. The number of carboxylic acid groups (broad SMARTS) is 1. The van der Waals surface area contributed by atoms with Crippen LogP contribution < -0.4 is 4.84 Å². The average Bonchev–Trinajstić information content (AvgIpc) is 2.47. The molecule has 0 saturated heterocycles. The molecule has 0 aliphatic heterocycles. The second-order valence-electron chi connectivity index (χ2n) is 4.04. The van der Waals surface area contributed by atoms with Gasteiger partial charge in [0, 0.05) is 5.28 Å². The lowest BCUT2D eigenvalue weighted by molar-refractivity contribution is 0.0692. The number of aromatic carboxylic acids is 1. The molecule has 2 aromatic rings. The number of rotatable bonds is 5. The maximum Gasteiger partial charge on any atom is 0.339 e. The minimum Gasteiger partial charge on any atom is -0.478 e. The van der Waals surface area contributed by atoms with Gasteiger partial charge in [0.15, 0.2) is 5.75 Å². The van der Waals surface area contributed by atoms with Crippen molar-refractivity contribution < 1.29 is 27.7 Å². The molecule has 0 aromatic heterocycles. The predicted molar refractivity (Wildman–Crippen MR) is 74.8 cm³/mol. The fraction of sp³-hybridized carbons (Fsp3) is 0. The van der Waals surface area contributed by atoms with E-state index < -0.39 is 16.1 Å². The van der Waals surface area contributed by atoms with Gasteiger partial charge in [0.25, 0.3) is 10.1 Å². The van der Waals surface area contributed by atoms with E-state index in [0.29, 0.717) is 0 Å². The molecule has 0 amide bonds. The summed E-state index contributed by atoms with van der Waals surface area (Å²) in [6, 6.07) is 10.8. The monoisotopic (exact) mass is 322 g/mol. The summed E-state index contributed by atoms with van der Waals surface area (Å²) >= 11 is 0. The van der Waals surface area contributed by atoms with Crippen LogP contribution in [0.3, 0.4) is 0 Å². The molecular formula is C13H10N2O6S. The zero-order valence-corrected chi connectivity index (χ0v) is 11.8. The van der Waals surface area contributed by atoms with Crippen LogP contribution in [-0.4, -0.2) is 24.0 Å². The van der Waals surface area contributed by atoms with E-state index in [9.17, 15) is 13.2 Å². The fourth-order valence-corrected chi connectivity index (χ4v) is 2.00. The topological polar surface area (TPSA) is 126 Å². The predicted octanol–water partition coefficient (Wildman–Crippen LogP) is 2.71. The highest BCUT2D eigenvalue weighted by Crippen LogP contribution is 2.20. The largest absolute Gasteiger partial charge is 0.478 e. The van der Waals surface area contributed by atoms with Gasteiger partial charge in [-0.05, 0) is 36.4 Å². The molecule has 2 N–H and O–H groups in total. The zero-order chi connectivity index (χ0) is 16.2. The molecule has 0 radical (unpaired) electrons. The fourth-order valence-electron chi connectivity index (χ4n) is 1.52. The van der Waals surface area contributed by atoms with Crippen molar-refractivity contribution in [2.24, 2.45) is 10.4 Å². The van der Waals surface area contributed by atoms with Gasteiger partial charge in [0.1, 0.15) is 5.56 Å². The Morgan fingerprint density at radius 1 is 1.05 bits per heavy atom. The van der Waals surface area contributed by atoms with Crippen LogP contribution in [0.25, 0.3) is 0 Å². The van der Waals surface area contributed by atoms with E-state index in [2.05, 4.69) is 10.4 Å². The Balaban J connectivity index is 2.12. The van der Waals surface area contributed by atoms with Crippen molar-refractivity contribution in [2.45, 2.75) is 4.90 Å². The molecule has 0 unspecified atom stereocenters. The van der Waals surface area contributed by atoms with Crippen LogP contribution in [0.5, 0.6) is 5.75 Å². The van der Waals surface area contributed by atoms with Gasteiger partial charge < -0.3 is 9.94 Å². The summed E-state index contributed by atoms with van der Waals surface area (Å²) in [6.45, 7) is 0. The van der Waals surface area contributed by atoms with Gasteiger partial charge in [-0.3, -0.25) is 4.55 Å². The molecule has 114 valence electrons. The molecule has 0 fully saturated rings. The van der Waals surface area contributed by atoms with Gasteiger partial charge >= 0.3 is 5.97 Å². The van der Waals surface area contributed by atoms with Crippen molar-refractivity contribution in [3.8, 4) is 5.75 Å². The first kappa shape index (κ1) is 15.6. The normalized spacial score (nSPS) is 11.5. The summed E-state index contributed by atoms with van der Waals surface area (Å²) in [7, 11) is -4.27. The van der Waals surface area contributed by atoms with Crippen molar-refractivity contribution in [3.63, 3.8) is 0 Å². The lowest BCUT2D eigenvalue weighted by atomic mass is 10.2. The van der Waals surface area contributed by atoms with Gasteiger partial charge in [-0.15, -0.1) is 5.11 Å². The van der Waals surface area contributed by atoms with Crippen LogP contribution in [0.2, 0.25) is 0 Å². The summed E-state index contributed by atoms with van der Waals surface area (Å²) in [5.41, 5.74) is 0.198. The van der Waals surface area contributed by atoms with Crippen LogP contribution in [0.15, 0.2) is 63.8 Å². The molecule has 0 spiro atoms. The molecule has 0 aliphatic rings. The maximum atomic E-state index is 11.0. The van der Waals surface area contributed by atoms with E-state index in [0.717, 1.165) is 12.1 Å². The van der Waals surface area contributed by atoms with Crippen molar-refractivity contribution in [1.82, 2.24) is 0 Å². The summed E-state index contributed by atoms with van der Waals surface area (Å²) in [6.07, 6.45) is 0. The first-order chi connectivity index (χ1) is 10.4. The molecule has 2 aromatic carbocycles. The smallest absolute Gasteiger partial charge is 0.339 e. The summed E-state index contributed by atoms with van der Waals surface area (Å²) in [5.74, 6) is -1.14. The Bertz CT molecular complexity index is 815. The SMILES string of the molecule is O=C(O)c1ccccc1ON=Nc1ccc(S(=O)(=O)O)cc1. The molecule has 2 rings (SSSR count). The highest BCUT2D eigenvalue weighted by atomic mass is 32.2. The Labute approximate surface area is 125 Å². The first-order valence-corrected chi connectivity index (χ1v) is 7.30. The van der Waals surface area contributed by atoms with Crippen LogP contribution in [0.1, 0.15) is 10.4 Å². The summed E-state index contributed by atoms with van der Waals surface area (Å²) in [4.78, 5) is 15.6. The van der Waals surface area contributed by atoms with Crippen LogP contribution in [-0.2, 0) is 10.1 Å². The van der Waals surface area contributed by atoms with Gasteiger partial charge in [0.05, 0.1) is 10.6 Å². The summed E-state index contributed by atoms with van der Waals surface area (Å²) < 4.78 is 30.6. The Kier molecular flexibility index (Phi) is 4.49. The molecule has 9 heteroatoms. The Morgan fingerprint density at radius 3 is 2.27 bits per heavy atom. The molecule has 0 atom stereocenters. The van der Waals surface area contributed by atoms with Crippen LogP contribution in [0, 0.1) is 0 Å². The molecule has 8 nitrogen and oxygen atoms in total. The Hall–Kier alpha value is -2.78. The van der Waals surface area contributed by atoms with E-state index in [1.807, 2.05) is 0 Å². The number of para-hydroxylation sites is 1. The van der Waals surface area contributed by atoms with E-state index in [1.54, 1.807) is 12.1 Å².